The summed E-state index contributed by atoms with van der Waals surface area (Å²) in [5.74, 6) is -0.0755. The molecule has 6 heteroatoms. The fourth-order valence-corrected chi connectivity index (χ4v) is 2.56. The number of rotatable bonds is 3. The second kappa shape index (κ2) is 5.76. The van der Waals surface area contributed by atoms with Gasteiger partial charge in [-0.05, 0) is 30.7 Å². The summed E-state index contributed by atoms with van der Waals surface area (Å²) in [5, 5.41) is 7.18. The van der Waals surface area contributed by atoms with Gasteiger partial charge in [0.1, 0.15) is 0 Å². The first-order valence-corrected chi connectivity index (χ1v) is 7.21. The van der Waals surface area contributed by atoms with Gasteiger partial charge in [-0.25, -0.2) is 4.68 Å². The Balaban J connectivity index is 1.87. The zero-order valence-corrected chi connectivity index (χ0v) is 12.3. The van der Waals surface area contributed by atoms with Gasteiger partial charge >= 0.3 is 0 Å². The van der Waals surface area contributed by atoms with Crippen LogP contribution in [0.1, 0.15) is 6.42 Å². The van der Waals surface area contributed by atoms with Crippen LogP contribution >= 0.6 is 15.9 Å². The number of aromatic nitrogens is 2. The van der Waals surface area contributed by atoms with E-state index in [1.807, 2.05) is 30.5 Å². The average Bonchev–Trinajstić information content (AvgIpc) is 3.12. The molecule has 3 rings (SSSR count). The predicted molar refractivity (Wildman–Crippen MR) is 78.8 cm³/mol. The highest BCUT2D eigenvalue weighted by Gasteiger charge is 2.24. The number of nitrogens with one attached hydrogen (secondary N) is 1. The number of amides is 1. The first kappa shape index (κ1) is 13.3. The van der Waals surface area contributed by atoms with E-state index >= 15 is 0 Å². The number of hydrogen-bond donors (Lipinski definition) is 1. The fourth-order valence-electron chi connectivity index (χ4n) is 2.20. The molecule has 1 amide bonds. The van der Waals surface area contributed by atoms with Crippen molar-refractivity contribution < 1.29 is 9.53 Å². The van der Waals surface area contributed by atoms with Crippen LogP contribution in [0.5, 0.6) is 0 Å². The van der Waals surface area contributed by atoms with Gasteiger partial charge in [0.05, 0.1) is 23.9 Å². The Morgan fingerprint density at radius 1 is 1.50 bits per heavy atom. The van der Waals surface area contributed by atoms with Gasteiger partial charge in [-0.15, -0.1) is 0 Å². The lowest BCUT2D eigenvalue weighted by molar-refractivity contribution is -0.119. The van der Waals surface area contributed by atoms with Crippen molar-refractivity contribution in [1.82, 2.24) is 9.78 Å². The van der Waals surface area contributed by atoms with Crippen molar-refractivity contribution in [2.24, 2.45) is 5.92 Å². The zero-order valence-electron chi connectivity index (χ0n) is 10.8. The van der Waals surface area contributed by atoms with Gasteiger partial charge in [0.2, 0.25) is 5.91 Å². The summed E-state index contributed by atoms with van der Waals surface area (Å²) >= 11 is 3.43. The molecule has 1 aromatic carbocycles. The maximum Gasteiger partial charge on any atom is 0.229 e. The van der Waals surface area contributed by atoms with Crippen LogP contribution in [-0.4, -0.2) is 28.9 Å². The molecule has 1 unspecified atom stereocenters. The van der Waals surface area contributed by atoms with E-state index in [1.165, 1.54) is 0 Å². The van der Waals surface area contributed by atoms with Crippen molar-refractivity contribution in [3.8, 4) is 5.69 Å². The van der Waals surface area contributed by atoms with Crippen LogP contribution in [0.2, 0.25) is 0 Å². The number of anilines is 1. The quantitative estimate of drug-likeness (QED) is 0.937. The average molecular weight is 336 g/mol. The van der Waals surface area contributed by atoms with E-state index in [4.69, 9.17) is 4.74 Å². The first-order valence-electron chi connectivity index (χ1n) is 6.42. The van der Waals surface area contributed by atoms with Crippen LogP contribution in [-0.2, 0) is 9.53 Å². The van der Waals surface area contributed by atoms with Crippen molar-refractivity contribution in [3.63, 3.8) is 0 Å². The number of benzene rings is 1. The number of nitrogens with zero attached hydrogens (tertiary/aromatic N) is 2. The summed E-state index contributed by atoms with van der Waals surface area (Å²) in [7, 11) is 0. The molecule has 0 radical (unpaired) electrons. The molecule has 0 spiro atoms. The van der Waals surface area contributed by atoms with Crippen LogP contribution < -0.4 is 5.32 Å². The predicted octanol–water partition coefficient (Wildman–Crippen LogP) is 2.61. The Hall–Kier alpha value is -1.66. The third kappa shape index (κ3) is 2.76. The lowest BCUT2D eigenvalue weighted by Gasteiger charge is -2.14. The molecule has 104 valence electrons. The van der Waals surface area contributed by atoms with Crippen LogP contribution in [0.25, 0.3) is 5.69 Å². The van der Waals surface area contributed by atoms with E-state index < -0.39 is 0 Å². The molecule has 0 saturated carbocycles. The molecule has 1 fully saturated rings. The van der Waals surface area contributed by atoms with Crippen LogP contribution in [0.3, 0.4) is 0 Å². The number of hydrogen-bond acceptors (Lipinski definition) is 3. The van der Waals surface area contributed by atoms with Crippen LogP contribution in [0.15, 0.2) is 41.1 Å². The third-order valence-electron chi connectivity index (χ3n) is 3.27. The molecule has 20 heavy (non-hydrogen) atoms. The molecule has 1 aromatic heterocycles. The maximum atomic E-state index is 12.2. The molecule has 2 heterocycles. The van der Waals surface area contributed by atoms with E-state index in [9.17, 15) is 4.79 Å². The Labute approximate surface area is 125 Å². The third-order valence-corrected chi connectivity index (χ3v) is 3.76. The molecular formula is C14H14BrN3O2. The summed E-state index contributed by atoms with van der Waals surface area (Å²) < 4.78 is 7.89. The highest BCUT2D eigenvalue weighted by atomic mass is 79.9. The number of ether oxygens (including phenoxy) is 1. The van der Waals surface area contributed by atoms with Gasteiger partial charge in [0, 0.05) is 23.5 Å². The standard InChI is InChI=1S/C14H14BrN3O2/c15-11-2-3-13(18-6-1-5-16-18)12(8-11)17-14(19)10-4-7-20-9-10/h1-3,5-6,8,10H,4,7,9H2,(H,17,19). The minimum Gasteiger partial charge on any atom is -0.381 e. The number of carbonyl (C=O) groups is 1. The van der Waals surface area contributed by atoms with E-state index in [2.05, 4.69) is 26.3 Å². The molecule has 2 aromatic rings. The molecule has 1 aliphatic heterocycles. The van der Waals surface area contributed by atoms with Gasteiger partial charge in [0.25, 0.3) is 0 Å². The minimum atomic E-state index is -0.0700. The van der Waals surface area contributed by atoms with Crippen LogP contribution in [0.4, 0.5) is 5.69 Å². The van der Waals surface area contributed by atoms with Gasteiger partial charge in [-0.3, -0.25) is 4.79 Å². The molecule has 0 bridgehead atoms. The van der Waals surface area contributed by atoms with Crippen molar-refractivity contribution in [3.05, 3.63) is 41.1 Å². The summed E-state index contributed by atoms with van der Waals surface area (Å²) in [6.07, 6.45) is 4.33. The SMILES string of the molecule is O=C(Nc1cc(Br)ccc1-n1cccn1)C1CCOC1. The largest absolute Gasteiger partial charge is 0.381 e. The summed E-state index contributed by atoms with van der Waals surface area (Å²) in [6, 6.07) is 7.56. The van der Waals surface area contributed by atoms with Gasteiger partial charge in [-0.1, -0.05) is 15.9 Å². The van der Waals surface area contributed by atoms with Crippen molar-refractivity contribution in [1.29, 1.82) is 0 Å². The minimum absolute atomic E-state index is 0.00555. The first-order chi connectivity index (χ1) is 9.74. The monoisotopic (exact) mass is 335 g/mol. The fraction of sp³-hybridized carbons (Fsp3) is 0.286. The van der Waals surface area contributed by atoms with E-state index in [1.54, 1.807) is 10.9 Å². The molecule has 0 aliphatic carbocycles. The Bertz CT molecular complexity index is 607. The molecule has 1 N–H and O–H groups in total. The summed E-state index contributed by atoms with van der Waals surface area (Å²) in [4.78, 5) is 12.2. The lowest BCUT2D eigenvalue weighted by Crippen LogP contribution is -2.23. The lowest BCUT2D eigenvalue weighted by atomic mass is 10.1. The van der Waals surface area contributed by atoms with E-state index in [-0.39, 0.29) is 11.8 Å². The molecule has 1 aliphatic rings. The van der Waals surface area contributed by atoms with Crippen molar-refractivity contribution in [2.45, 2.75) is 6.42 Å². The van der Waals surface area contributed by atoms with Gasteiger partial charge in [-0.2, -0.15) is 5.10 Å². The van der Waals surface area contributed by atoms with E-state index in [0.717, 1.165) is 22.3 Å². The molecular weight excluding hydrogens is 322 g/mol. The molecule has 1 saturated heterocycles. The smallest absolute Gasteiger partial charge is 0.229 e. The maximum absolute atomic E-state index is 12.2. The summed E-state index contributed by atoms with van der Waals surface area (Å²) in [5.41, 5.74) is 1.57. The topological polar surface area (TPSA) is 56.2 Å². The summed E-state index contributed by atoms with van der Waals surface area (Å²) in [6.45, 7) is 1.15. The Kier molecular flexibility index (Phi) is 3.84. The number of halogens is 1. The molecule has 5 nitrogen and oxygen atoms in total. The van der Waals surface area contributed by atoms with Crippen LogP contribution in [0, 0.1) is 5.92 Å². The van der Waals surface area contributed by atoms with E-state index in [0.29, 0.717) is 13.2 Å². The second-order valence-corrected chi connectivity index (χ2v) is 5.58. The van der Waals surface area contributed by atoms with Crippen molar-refractivity contribution >= 4 is 27.5 Å². The van der Waals surface area contributed by atoms with Gasteiger partial charge < -0.3 is 10.1 Å². The highest BCUT2D eigenvalue weighted by molar-refractivity contribution is 9.10. The second-order valence-electron chi connectivity index (χ2n) is 4.66. The molecule has 1 atom stereocenters. The number of carbonyl (C=O) groups excluding carboxylic acids is 1. The zero-order chi connectivity index (χ0) is 13.9. The van der Waals surface area contributed by atoms with Gasteiger partial charge in [0.15, 0.2) is 0 Å². The van der Waals surface area contributed by atoms with Crippen molar-refractivity contribution in [2.75, 3.05) is 18.5 Å². The Morgan fingerprint density at radius 2 is 2.40 bits per heavy atom. The normalized spacial score (nSPS) is 18.1. The Morgan fingerprint density at radius 3 is 3.10 bits per heavy atom. The highest BCUT2D eigenvalue weighted by Crippen LogP contribution is 2.25.